The van der Waals surface area contributed by atoms with Gasteiger partial charge in [-0.25, -0.2) is 0 Å². The van der Waals surface area contributed by atoms with Gasteiger partial charge in [-0.1, -0.05) is 23.8 Å². The summed E-state index contributed by atoms with van der Waals surface area (Å²) in [5.74, 6) is -1.45. The van der Waals surface area contributed by atoms with E-state index in [0.717, 1.165) is 11.1 Å². The van der Waals surface area contributed by atoms with Gasteiger partial charge in [-0.2, -0.15) is 0 Å². The van der Waals surface area contributed by atoms with Gasteiger partial charge in [0.2, 0.25) is 0 Å². The van der Waals surface area contributed by atoms with Gasteiger partial charge in [0, 0.05) is 5.56 Å². The lowest BCUT2D eigenvalue weighted by Gasteiger charge is -2.18. The van der Waals surface area contributed by atoms with Crippen LogP contribution in [0.3, 0.4) is 0 Å². The Balaban J connectivity index is 3.20. The van der Waals surface area contributed by atoms with Crippen molar-refractivity contribution in [1.82, 2.24) is 0 Å². The van der Waals surface area contributed by atoms with E-state index in [2.05, 4.69) is 0 Å². The van der Waals surface area contributed by atoms with Gasteiger partial charge in [-0.3, -0.25) is 9.59 Å². The predicted octanol–water partition coefficient (Wildman–Crippen LogP) is 2.60. The first-order chi connectivity index (χ1) is 7.26. The summed E-state index contributed by atoms with van der Waals surface area (Å²) in [5, 5.41) is 9.00. The first kappa shape index (κ1) is 12.4. The van der Waals surface area contributed by atoms with Crippen molar-refractivity contribution in [1.29, 1.82) is 0 Å². The summed E-state index contributed by atoms with van der Waals surface area (Å²) in [7, 11) is 0. The van der Waals surface area contributed by atoms with Crippen LogP contribution in [0, 0.1) is 19.3 Å². The number of Topliss-reactive ketones (excluding diaryl/α,β-unsaturated/α-hetero) is 1. The minimum absolute atomic E-state index is 0.350. The van der Waals surface area contributed by atoms with E-state index in [4.69, 9.17) is 5.11 Å². The third-order valence-corrected chi connectivity index (χ3v) is 2.73. The number of carbonyl (C=O) groups excluding carboxylic acids is 1. The molecule has 86 valence electrons. The zero-order chi connectivity index (χ0) is 12.5. The zero-order valence-electron chi connectivity index (χ0n) is 10.00. The highest BCUT2D eigenvalue weighted by molar-refractivity contribution is 6.12. The van der Waals surface area contributed by atoms with Crippen molar-refractivity contribution in [3.63, 3.8) is 0 Å². The Bertz CT molecular complexity index is 444. The number of benzene rings is 1. The topological polar surface area (TPSA) is 54.4 Å². The number of aliphatic carboxylic acids is 1. The number of hydrogen-bond donors (Lipinski definition) is 1. The molecule has 0 heterocycles. The van der Waals surface area contributed by atoms with Crippen molar-refractivity contribution < 1.29 is 14.7 Å². The van der Waals surface area contributed by atoms with E-state index in [1.807, 2.05) is 26.0 Å². The monoisotopic (exact) mass is 220 g/mol. The van der Waals surface area contributed by atoms with Crippen LogP contribution in [0.25, 0.3) is 0 Å². The van der Waals surface area contributed by atoms with E-state index in [0.29, 0.717) is 5.56 Å². The summed E-state index contributed by atoms with van der Waals surface area (Å²) >= 11 is 0. The van der Waals surface area contributed by atoms with Crippen molar-refractivity contribution in [3.05, 3.63) is 34.9 Å². The molecule has 0 aliphatic heterocycles. The molecule has 0 fully saturated rings. The first-order valence-electron chi connectivity index (χ1n) is 5.12. The molecule has 0 atom stereocenters. The van der Waals surface area contributed by atoms with Crippen LogP contribution in [0.15, 0.2) is 18.2 Å². The largest absolute Gasteiger partial charge is 0.481 e. The highest BCUT2D eigenvalue weighted by Gasteiger charge is 2.37. The van der Waals surface area contributed by atoms with E-state index in [-0.39, 0.29) is 5.78 Å². The maximum absolute atomic E-state index is 12.1. The van der Waals surface area contributed by atoms with Crippen LogP contribution < -0.4 is 0 Å². The van der Waals surface area contributed by atoms with Crippen LogP contribution in [0.4, 0.5) is 0 Å². The minimum atomic E-state index is -1.37. The molecule has 3 nitrogen and oxygen atoms in total. The number of carbonyl (C=O) groups is 2. The van der Waals surface area contributed by atoms with Gasteiger partial charge in [0.15, 0.2) is 5.78 Å². The van der Waals surface area contributed by atoms with Crippen LogP contribution in [0.1, 0.15) is 35.3 Å². The molecule has 0 bridgehead atoms. The summed E-state index contributed by atoms with van der Waals surface area (Å²) in [6, 6.07) is 5.39. The molecule has 0 aromatic heterocycles. The zero-order valence-corrected chi connectivity index (χ0v) is 10.00. The number of ketones is 1. The maximum Gasteiger partial charge on any atom is 0.316 e. The van der Waals surface area contributed by atoms with Gasteiger partial charge in [-0.05, 0) is 33.3 Å². The Morgan fingerprint density at radius 1 is 1.19 bits per heavy atom. The summed E-state index contributed by atoms with van der Waals surface area (Å²) in [5.41, 5.74) is 0.986. The Morgan fingerprint density at radius 2 is 1.75 bits per heavy atom. The molecule has 0 amide bonds. The van der Waals surface area contributed by atoms with E-state index >= 15 is 0 Å². The second kappa shape index (κ2) is 4.08. The fraction of sp³-hybridized carbons (Fsp3) is 0.385. The first-order valence-corrected chi connectivity index (χ1v) is 5.12. The van der Waals surface area contributed by atoms with Crippen molar-refractivity contribution in [2.24, 2.45) is 5.41 Å². The molecule has 0 saturated carbocycles. The number of aryl methyl sites for hydroxylation is 2. The van der Waals surface area contributed by atoms with E-state index in [9.17, 15) is 9.59 Å². The van der Waals surface area contributed by atoms with Gasteiger partial charge in [-0.15, -0.1) is 0 Å². The van der Waals surface area contributed by atoms with Crippen LogP contribution in [-0.2, 0) is 4.79 Å². The predicted molar refractivity (Wildman–Crippen MR) is 61.7 cm³/mol. The molecule has 16 heavy (non-hydrogen) atoms. The fourth-order valence-corrected chi connectivity index (χ4v) is 1.50. The van der Waals surface area contributed by atoms with E-state index in [1.54, 1.807) is 6.07 Å². The van der Waals surface area contributed by atoms with Gasteiger partial charge >= 0.3 is 5.97 Å². The number of hydrogen-bond acceptors (Lipinski definition) is 2. The molecule has 1 rings (SSSR count). The number of carboxylic acid groups (broad SMARTS) is 1. The van der Waals surface area contributed by atoms with Crippen LogP contribution in [0.5, 0.6) is 0 Å². The van der Waals surface area contributed by atoms with Gasteiger partial charge in [0.05, 0.1) is 0 Å². The standard InChI is InChI=1S/C13H16O3/c1-8-5-6-10(9(2)7-8)11(14)13(3,4)12(15)16/h5-7H,1-4H3,(H,15,16). The van der Waals surface area contributed by atoms with Crippen molar-refractivity contribution in [2.45, 2.75) is 27.7 Å². The Kier molecular flexibility index (Phi) is 3.17. The fourth-order valence-electron chi connectivity index (χ4n) is 1.50. The molecule has 0 aliphatic carbocycles. The van der Waals surface area contributed by atoms with Crippen LogP contribution in [-0.4, -0.2) is 16.9 Å². The lowest BCUT2D eigenvalue weighted by atomic mass is 9.83. The van der Waals surface area contributed by atoms with E-state index in [1.165, 1.54) is 13.8 Å². The van der Waals surface area contributed by atoms with Gasteiger partial charge in [0.25, 0.3) is 0 Å². The average Bonchev–Trinajstić information content (AvgIpc) is 2.16. The molecule has 0 spiro atoms. The maximum atomic E-state index is 12.1. The smallest absolute Gasteiger partial charge is 0.316 e. The summed E-state index contributed by atoms with van der Waals surface area (Å²) in [6.45, 7) is 6.61. The highest BCUT2D eigenvalue weighted by atomic mass is 16.4. The lowest BCUT2D eigenvalue weighted by Crippen LogP contribution is -2.33. The Morgan fingerprint density at radius 3 is 2.19 bits per heavy atom. The second-order valence-corrected chi connectivity index (χ2v) is 4.58. The Labute approximate surface area is 95.1 Å². The van der Waals surface area contributed by atoms with Crippen LogP contribution in [0.2, 0.25) is 0 Å². The second-order valence-electron chi connectivity index (χ2n) is 4.58. The van der Waals surface area contributed by atoms with E-state index < -0.39 is 11.4 Å². The molecule has 0 aliphatic rings. The molecule has 1 aromatic carbocycles. The lowest BCUT2D eigenvalue weighted by molar-refractivity contribution is -0.144. The van der Waals surface area contributed by atoms with Gasteiger partial charge in [0.1, 0.15) is 5.41 Å². The molecule has 0 unspecified atom stereocenters. The SMILES string of the molecule is Cc1ccc(C(=O)C(C)(C)C(=O)O)c(C)c1. The number of carboxylic acids is 1. The van der Waals surface area contributed by atoms with Gasteiger partial charge < -0.3 is 5.11 Å². The molecule has 1 aromatic rings. The highest BCUT2D eigenvalue weighted by Crippen LogP contribution is 2.24. The quantitative estimate of drug-likeness (QED) is 0.629. The molecule has 0 saturated heterocycles. The summed E-state index contributed by atoms with van der Waals surface area (Å²) in [4.78, 5) is 23.1. The van der Waals surface area contributed by atoms with Crippen molar-refractivity contribution >= 4 is 11.8 Å². The summed E-state index contributed by atoms with van der Waals surface area (Å²) < 4.78 is 0. The number of rotatable bonds is 3. The van der Waals surface area contributed by atoms with Crippen molar-refractivity contribution in [2.75, 3.05) is 0 Å². The molecule has 1 N–H and O–H groups in total. The molecular formula is C13H16O3. The average molecular weight is 220 g/mol. The normalized spacial score (nSPS) is 11.2. The molecule has 3 heteroatoms. The summed E-state index contributed by atoms with van der Waals surface area (Å²) in [6.07, 6.45) is 0. The Hall–Kier alpha value is -1.64. The minimum Gasteiger partial charge on any atom is -0.481 e. The molecule has 0 radical (unpaired) electrons. The third-order valence-electron chi connectivity index (χ3n) is 2.73. The third kappa shape index (κ3) is 2.13. The van der Waals surface area contributed by atoms with Crippen LogP contribution >= 0.6 is 0 Å². The molecular weight excluding hydrogens is 204 g/mol. The van der Waals surface area contributed by atoms with Crippen molar-refractivity contribution in [3.8, 4) is 0 Å².